The van der Waals surface area contributed by atoms with Crippen LogP contribution in [0.3, 0.4) is 0 Å². The Labute approximate surface area is 110 Å². The van der Waals surface area contributed by atoms with Gasteiger partial charge in [0.1, 0.15) is 0 Å². The summed E-state index contributed by atoms with van der Waals surface area (Å²) in [6.07, 6.45) is 7.04. The lowest BCUT2D eigenvalue weighted by molar-refractivity contribution is 0.651. The van der Waals surface area contributed by atoms with Crippen molar-refractivity contribution >= 4 is 11.3 Å². The topological polar surface area (TPSA) is 0 Å². The van der Waals surface area contributed by atoms with Crippen LogP contribution >= 0.6 is 11.3 Å². The Hall–Kier alpha value is -0.300. The number of fused-ring (bicyclic) bond motifs is 5. The van der Waals surface area contributed by atoms with E-state index in [1.54, 1.807) is 15.3 Å². The first-order valence-corrected chi connectivity index (χ1v) is 8.28. The van der Waals surface area contributed by atoms with Crippen molar-refractivity contribution in [3.05, 3.63) is 21.4 Å². The summed E-state index contributed by atoms with van der Waals surface area (Å²) in [7, 11) is 0. The Morgan fingerprint density at radius 3 is 2.41 bits per heavy atom. The molecular weight excluding hydrogens is 224 g/mol. The Morgan fingerprint density at radius 1 is 1.18 bits per heavy atom. The average Bonchev–Trinajstić information content (AvgIpc) is 3.05. The number of hydrogen-bond acceptors (Lipinski definition) is 1. The van der Waals surface area contributed by atoms with E-state index < -0.39 is 0 Å². The van der Waals surface area contributed by atoms with Crippen LogP contribution in [-0.2, 0) is 0 Å². The van der Waals surface area contributed by atoms with Crippen LogP contribution < -0.4 is 0 Å². The van der Waals surface area contributed by atoms with Crippen LogP contribution in [0.15, 0.2) is 6.07 Å². The highest BCUT2D eigenvalue weighted by Crippen LogP contribution is 2.56. The fourth-order valence-electron chi connectivity index (χ4n) is 3.47. The van der Waals surface area contributed by atoms with E-state index in [9.17, 15) is 0 Å². The van der Waals surface area contributed by atoms with Crippen molar-refractivity contribution in [1.82, 2.24) is 0 Å². The highest BCUT2D eigenvalue weighted by Gasteiger charge is 2.38. The van der Waals surface area contributed by atoms with Gasteiger partial charge in [0.05, 0.1) is 0 Å². The first-order valence-electron chi connectivity index (χ1n) is 7.47. The molecular formula is C16H26S. The predicted octanol–water partition coefficient (Wildman–Crippen LogP) is 6.04. The van der Waals surface area contributed by atoms with E-state index in [4.69, 9.17) is 0 Å². The molecule has 1 aromatic rings. The predicted molar refractivity (Wildman–Crippen MR) is 78.3 cm³/mol. The lowest BCUT2D eigenvalue weighted by Gasteiger charge is -2.09. The van der Waals surface area contributed by atoms with E-state index in [0.29, 0.717) is 0 Å². The minimum atomic E-state index is 0.833. The third kappa shape index (κ3) is 2.19. The second-order valence-electron chi connectivity index (χ2n) is 5.19. The van der Waals surface area contributed by atoms with Crippen LogP contribution in [-0.4, -0.2) is 0 Å². The zero-order valence-electron chi connectivity index (χ0n) is 11.8. The minimum absolute atomic E-state index is 0.833. The fourth-order valence-corrected chi connectivity index (χ4v) is 5.14. The Morgan fingerprint density at radius 2 is 1.82 bits per heavy atom. The van der Waals surface area contributed by atoms with Gasteiger partial charge in [-0.05, 0) is 61.5 Å². The normalized spacial score (nSPS) is 24.8. The van der Waals surface area contributed by atoms with Crippen LogP contribution in [0.2, 0.25) is 0 Å². The van der Waals surface area contributed by atoms with Gasteiger partial charge in [-0.1, -0.05) is 27.7 Å². The van der Waals surface area contributed by atoms with Gasteiger partial charge in [0, 0.05) is 9.75 Å². The molecule has 1 fully saturated rings. The Balaban J connectivity index is 0.000000514. The molecule has 0 amide bonds. The van der Waals surface area contributed by atoms with Crippen molar-refractivity contribution < 1.29 is 0 Å². The number of hydrogen-bond donors (Lipinski definition) is 0. The second kappa shape index (κ2) is 5.56. The molecule has 1 heterocycles. The summed E-state index contributed by atoms with van der Waals surface area (Å²) in [6, 6.07) is 2.56. The van der Waals surface area contributed by atoms with Crippen molar-refractivity contribution in [2.24, 2.45) is 0 Å². The molecule has 0 nitrogen and oxygen atoms in total. The van der Waals surface area contributed by atoms with Gasteiger partial charge < -0.3 is 0 Å². The van der Waals surface area contributed by atoms with Crippen molar-refractivity contribution in [2.75, 3.05) is 0 Å². The maximum atomic E-state index is 2.56. The van der Waals surface area contributed by atoms with Crippen molar-refractivity contribution in [1.29, 1.82) is 0 Å². The SMILES string of the molecule is CC.CCC(CC)c1cc2c(s1)C1CCC2C1. The van der Waals surface area contributed by atoms with Gasteiger partial charge in [-0.25, -0.2) is 0 Å². The summed E-state index contributed by atoms with van der Waals surface area (Å²) in [5, 5.41) is 0. The lowest BCUT2D eigenvalue weighted by Crippen LogP contribution is -1.92. The van der Waals surface area contributed by atoms with Gasteiger partial charge in [-0.3, -0.25) is 0 Å². The maximum Gasteiger partial charge on any atom is 0.0114 e. The zero-order chi connectivity index (χ0) is 12.4. The molecule has 0 spiro atoms. The standard InChI is InChI=1S/C14H20S.C2H6/c1-3-9(4-2)13-8-12-10-5-6-11(7-10)14(12)15-13;1-2/h8-11H,3-7H2,1-2H3;1-2H3. The molecule has 0 aromatic carbocycles. The largest absolute Gasteiger partial charge is 0.145 e. The molecule has 0 N–H and O–H groups in total. The van der Waals surface area contributed by atoms with E-state index in [2.05, 4.69) is 31.3 Å². The van der Waals surface area contributed by atoms with E-state index >= 15 is 0 Å². The molecule has 1 aromatic heterocycles. The Bertz CT molecular complexity index is 332. The van der Waals surface area contributed by atoms with Crippen LogP contribution in [0, 0.1) is 0 Å². The van der Waals surface area contributed by atoms with Crippen LogP contribution in [0.5, 0.6) is 0 Å². The summed E-state index contributed by atoms with van der Waals surface area (Å²) in [4.78, 5) is 3.45. The van der Waals surface area contributed by atoms with E-state index in [1.165, 1.54) is 32.1 Å². The van der Waals surface area contributed by atoms with Gasteiger partial charge in [-0.15, -0.1) is 11.3 Å². The summed E-state index contributed by atoms with van der Waals surface area (Å²) in [5.74, 6) is 2.74. The lowest BCUT2D eigenvalue weighted by atomic mass is 9.96. The zero-order valence-corrected chi connectivity index (χ0v) is 12.6. The quantitative estimate of drug-likeness (QED) is 0.613. The van der Waals surface area contributed by atoms with E-state index in [0.717, 1.165) is 17.8 Å². The molecule has 17 heavy (non-hydrogen) atoms. The molecule has 1 saturated carbocycles. The molecule has 0 radical (unpaired) electrons. The van der Waals surface area contributed by atoms with Gasteiger partial charge in [0.2, 0.25) is 0 Å². The number of rotatable bonds is 3. The van der Waals surface area contributed by atoms with Crippen molar-refractivity contribution in [3.8, 4) is 0 Å². The summed E-state index contributed by atoms with van der Waals surface area (Å²) in [5.41, 5.74) is 1.75. The summed E-state index contributed by atoms with van der Waals surface area (Å²) < 4.78 is 0. The van der Waals surface area contributed by atoms with Crippen LogP contribution in [0.25, 0.3) is 0 Å². The minimum Gasteiger partial charge on any atom is -0.145 e. The highest BCUT2D eigenvalue weighted by molar-refractivity contribution is 7.12. The average molecular weight is 250 g/mol. The molecule has 2 bridgehead atoms. The van der Waals surface area contributed by atoms with Gasteiger partial charge in [0.15, 0.2) is 0 Å². The summed E-state index contributed by atoms with van der Waals surface area (Å²) >= 11 is 2.14. The van der Waals surface area contributed by atoms with Crippen molar-refractivity contribution in [3.63, 3.8) is 0 Å². The first kappa shape index (κ1) is 13.1. The third-order valence-corrected chi connectivity index (χ3v) is 5.92. The molecule has 1 heteroatoms. The van der Waals surface area contributed by atoms with Crippen LogP contribution in [0.1, 0.15) is 92.9 Å². The fraction of sp³-hybridized carbons (Fsp3) is 0.750. The molecule has 0 aliphatic heterocycles. The molecule has 96 valence electrons. The maximum absolute atomic E-state index is 2.56. The summed E-state index contributed by atoms with van der Waals surface area (Å²) in [6.45, 7) is 8.65. The monoisotopic (exact) mass is 250 g/mol. The van der Waals surface area contributed by atoms with Gasteiger partial charge >= 0.3 is 0 Å². The highest BCUT2D eigenvalue weighted by atomic mass is 32.1. The third-order valence-electron chi connectivity index (χ3n) is 4.44. The van der Waals surface area contributed by atoms with Gasteiger partial charge in [0.25, 0.3) is 0 Å². The van der Waals surface area contributed by atoms with Crippen LogP contribution in [0.4, 0.5) is 0 Å². The molecule has 2 atom stereocenters. The molecule has 2 aliphatic carbocycles. The smallest absolute Gasteiger partial charge is 0.0114 e. The number of thiophene rings is 1. The first-order chi connectivity index (χ1) is 8.33. The van der Waals surface area contributed by atoms with Gasteiger partial charge in [-0.2, -0.15) is 0 Å². The molecule has 0 saturated heterocycles. The van der Waals surface area contributed by atoms with E-state index in [1.807, 2.05) is 13.8 Å². The molecule has 2 aliphatic rings. The Kier molecular flexibility index (Phi) is 4.30. The molecule has 2 unspecified atom stereocenters. The van der Waals surface area contributed by atoms with E-state index in [-0.39, 0.29) is 0 Å². The second-order valence-corrected chi connectivity index (χ2v) is 6.30. The molecule has 3 rings (SSSR count). The van der Waals surface area contributed by atoms with Crippen molar-refractivity contribution in [2.45, 2.75) is 77.6 Å².